The van der Waals surface area contributed by atoms with Gasteiger partial charge in [-0.05, 0) is 27.9 Å². The van der Waals surface area contributed by atoms with Crippen molar-refractivity contribution in [2.45, 2.75) is 6.92 Å². The van der Waals surface area contributed by atoms with Gasteiger partial charge in [0.25, 0.3) is 0 Å². The summed E-state index contributed by atoms with van der Waals surface area (Å²) in [6.45, 7) is 1.95. The van der Waals surface area contributed by atoms with Crippen LogP contribution in [0.25, 0.3) is 11.0 Å². The average molecular weight is 199 g/mol. The number of pyridine rings is 1. The minimum Gasteiger partial charge on any atom is -0.317 e. The Morgan fingerprint density at radius 2 is 2.33 bits per heavy atom. The molecule has 0 amide bonds. The summed E-state index contributed by atoms with van der Waals surface area (Å²) in [7, 11) is 2.56. The van der Waals surface area contributed by atoms with Crippen LogP contribution in [0.5, 0.6) is 0 Å². The summed E-state index contributed by atoms with van der Waals surface area (Å²) in [6, 6.07) is 1.96. The van der Waals surface area contributed by atoms with Gasteiger partial charge in [-0.3, -0.25) is 0 Å². The van der Waals surface area contributed by atoms with E-state index in [0.29, 0.717) is 0 Å². The van der Waals surface area contributed by atoms with E-state index in [0.717, 1.165) is 21.6 Å². The fourth-order valence-corrected chi connectivity index (χ4v) is 1.66. The second-order valence-electron chi connectivity index (χ2n) is 2.72. The van der Waals surface area contributed by atoms with Gasteiger partial charge >= 0.3 is 0 Å². The van der Waals surface area contributed by atoms with Gasteiger partial charge in [-0.1, -0.05) is 11.6 Å². The van der Waals surface area contributed by atoms with E-state index in [9.17, 15) is 0 Å². The van der Waals surface area contributed by atoms with Crippen molar-refractivity contribution < 1.29 is 0 Å². The van der Waals surface area contributed by atoms with Crippen molar-refractivity contribution >= 4 is 32.0 Å². The predicted octanol–water partition coefficient (Wildman–Crippen LogP) is 2.64. The van der Waals surface area contributed by atoms with E-state index < -0.39 is 0 Å². The summed E-state index contributed by atoms with van der Waals surface area (Å²) in [5, 5.41) is 1.80. The summed E-state index contributed by atoms with van der Waals surface area (Å²) >= 11 is 6.08. The molecule has 2 nitrogen and oxygen atoms in total. The van der Waals surface area contributed by atoms with Crippen molar-refractivity contribution in [3.8, 4) is 0 Å². The Labute approximate surface area is 77.8 Å². The summed E-state index contributed by atoms with van der Waals surface area (Å²) in [4.78, 5) is 4.26. The Bertz CT molecular complexity index is 436. The Morgan fingerprint density at radius 3 is 3.08 bits per heavy atom. The summed E-state index contributed by atoms with van der Waals surface area (Å²) < 4.78 is 1.88. The van der Waals surface area contributed by atoms with Gasteiger partial charge in [0.1, 0.15) is 5.65 Å². The van der Waals surface area contributed by atoms with E-state index in [1.54, 1.807) is 6.20 Å². The van der Waals surface area contributed by atoms with Crippen molar-refractivity contribution in [1.82, 2.24) is 9.32 Å². The summed E-state index contributed by atoms with van der Waals surface area (Å²) in [5.41, 5.74) is 1.91. The fraction of sp³-hybridized carbons (Fsp3) is 0.125. The quantitative estimate of drug-likeness (QED) is 0.595. The Kier molecular flexibility index (Phi) is 1.82. The topological polar surface area (TPSA) is 17.8 Å². The highest BCUT2D eigenvalue weighted by atomic mass is 35.5. The molecule has 4 heteroatoms. The van der Waals surface area contributed by atoms with E-state index in [2.05, 4.69) is 14.4 Å². The second kappa shape index (κ2) is 2.72. The van der Waals surface area contributed by atoms with Gasteiger partial charge in [0, 0.05) is 17.8 Å². The molecule has 0 radical (unpaired) electrons. The maximum absolute atomic E-state index is 6.08. The summed E-state index contributed by atoms with van der Waals surface area (Å²) in [6.07, 6.45) is 3.71. The molecule has 0 spiro atoms. The number of aromatic nitrogens is 2. The average Bonchev–Trinajstić information content (AvgIpc) is 2.41. The van der Waals surface area contributed by atoms with Crippen LogP contribution in [0.3, 0.4) is 0 Å². The van der Waals surface area contributed by atoms with Gasteiger partial charge in [0.15, 0.2) is 0 Å². The van der Waals surface area contributed by atoms with Gasteiger partial charge in [0.2, 0.25) is 0 Å². The predicted molar refractivity (Wildman–Crippen MR) is 54.6 cm³/mol. The first-order valence-corrected chi connectivity index (χ1v) is 4.47. The number of halogens is 1. The Balaban J connectivity index is 2.93. The minimum absolute atomic E-state index is 0.793. The number of rotatable bonds is 0. The van der Waals surface area contributed by atoms with Crippen molar-refractivity contribution in [3.05, 3.63) is 29.0 Å². The maximum atomic E-state index is 6.08. The smallest absolute Gasteiger partial charge is 0.144 e. The molecule has 0 bridgehead atoms. The van der Waals surface area contributed by atoms with Crippen LogP contribution in [0.4, 0.5) is 0 Å². The van der Waals surface area contributed by atoms with Gasteiger partial charge in [-0.2, -0.15) is 0 Å². The molecule has 0 saturated carbocycles. The molecule has 2 aromatic heterocycles. The van der Waals surface area contributed by atoms with Crippen molar-refractivity contribution in [3.63, 3.8) is 0 Å². The van der Waals surface area contributed by atoms with Crippen LogP contribution in [-0.2, 0) is 0 Å². The molecule has 0 aliphatic carbocycles. The molecule has 0 saturated heterocycles. The molecule has 2 heterocycles. The van der Waals surface area contributed by atoms with Crippen LogP contribution in [0.1, 0.15) is 5.56 Å². The fourth-order valence-electron chi connectivity index (χ4n) is 1.17. The lowest BCUT2D eigenvalue weighted by Gasteiger charge is -1.99. The number of aryl methyl sites for hydroxylation is 1. The maximum Gasteiger partial charge on any atom is 0.144 e. The Hall–Kier alpha value is -0.590. The monoisotopic (exact) mass is 198 g/mol. The number of hydrogen-bond donors (Lipinski definition) is 0. The number of hydrogen-bond acceptors (Lipinski definition) is 1. The van der Waals surface area contributed by atoms with E-state index in [4.69, 9.17) is 11.6 Å². The first-order valence-electron chi connectivity index (χ1n) is 3.57. The van der Waals surface area contributed by atoms with Gasteiger partial charge in [-0.25, -0.2) is 4.98 Å². The number of nitrogens with zero attached hydrogens (tertiary/aromatic N) is 2. The van der Waals surface area contributed by atoms with Crippen LogP contribution in [-0.4, -0.2) is 9.32 Å². The highest BCUT2D eigenvalue weighted by Gasteiger charge is 2.05. The third-order valence-electron chi connectivity index (χ3n) is 1.85. The largest absolute Gasteiger partial charge is 0.317 e. The SMILES string of the molecule is Cc1cnc2c(ccn2P)c1Cl. The summed E-state index contributed by atoms with van der Waals surface area (Å²) in [5.74, 6) is 0. The molecule has 0 aliphatic rings. The van der Waals surface area contributed by atoms with Gasteiger partial charge in [0.05, 0.1) is 5.02 Å². The Morgan fingerprint density at radius 1 is 1.58 bits per heavy atom. The molecular weight excluding hydrogens is 191 g/mol. The molecule has 0 fully saturated rings. The molecule has 62 valence electrons. The number of fused-ring (bicyclic) bond motifs is 1. The third kappa shape index (κ3) is 1.03. The van der Waals surface area contributed by atoms with E-state index >= 15 is 0 Å². The molecular formula is C8H8ClN2P. The lowest BCUT2D eigenvalue weighted by atomic mass is 10.2. The molecule has 2 rings (SSSR count). The molecule has 1 atom stereocenters. The normalized spacial score (nSPS) is 10.9. The second-order valence-corrected chi connectivity index (χ2v) is 3.65. The highest BCUT2D eigenvalue weighted by molar-refractivity contribution is 7.14. The minimum atomic E-state index is 0.793. The van der Waals surface area contributed by atoms with Gasteiger partial charge < -0.3 is 4.34 Å². The zero-order chi connectivity index (χ0) is 8.72. The van der Waals surface area contributed by atoms with Crippen LogP contribution in [0.2, 0.25) is 5.02 Å². The third-order valence-corrected chi connectivity index (χ3v) is 2.77. The van der Waals surface area contributed by atoms with Crippen molar-refractivity contribution in [2.75, 3.05) is 0 Å². The zero-order valence-electron chi connectivity index (χ0n) is 6.58. The molecule has 0 N–H and O–H groups in total. The van der Waals surface area contributed by atoms with Crippen LogP contribution in [0.15, 0.2) is 18.5 Å². The first kappa shape index (κ1) is 8.03. The molecule has 0 aromatic carbocycles. The van der Waals surface area contributed by atoms with E-state index in [1.807, 2.05) is 23.5 Å². The lowest BCUT2D eigenvalue weighted by molar-refractivity contribution is 1.24. The van der Waals surface area contributed by atoms with Crippen molar-refractivity contribution in [2.24, 2.45) is 0 Å². The molecule has 2 aromatic rings. The van der Waals surface area contributed by atoms with E-state index in [1.165, 1.54) is 0 Å². The van der Waals surface area contributed by atoms with E-state index in [-0.39, 0.29) is 0 Å². The lowest BCUT2D eigenvalue weighted by Crippen LogP contribution is -1.84. The molecule has 1 unspecified atom stereocenters. The highest BCUT2D eigenvalue weighted by Crippen LogP contribution is 2.26. The molecule has 12 heavy (non-hydrogen) atoms. The van der Waals surface area contributed by atoms with Crippen molar-refractivity contribution in [1.29, 1.82) is 0 Å². The standard InChI is InChI=1S/C8H8ClN2P/c1-5-4-10-8-6(7(5)9)2-3-11(8)12/h2-4H,12H2,1H3. The van der Waals surface area contributed by atoms with Crippen LogP contribution < -0.4 is 0 Å². The molecule has 0 aliphatic heterocycles. The first-order chi connectivity index (χ1) is 5.70. The van der Waals surface area contributed by atoms with Crippen LogP contribution in [0, 0.1) is 6.92 Å². The van der Waals surface area contributed by atoms with Crippen LogP contribution >= 0.6 is 21.0 Å². The zero-order valence-corrected chi connectivity index (χ0v) is 8.49. The van der Waals surface area contributed by atoms with Gasteiger partial charge in [-0.15, -0.1) is 0 Å².